The molecule has 0 aromatic heterocycles. The highest BCUT2D eigenvalue weighted by Crippen LogP contribution is 1.66. The monoisotopic (exact) mass is 158 g/mol. The van der Waals surface area contributed by atoms with Gasteiger partial charge in [-0.2, -0.15) is 0 Å². The SMILES string of the molecule is C/C=C/CNCCNCCO. The summed E-state index contributed by atoms with van der Waals surface area (Å²) in [4.78, 5) is 0. The molecular formula is C8H18N2O. The van der Waals surface area contributed by atoms with Crippen LogP contribution in [0.25, 0.3) is 0 Å². The van der Waals surface area contributed by atoms with Gasteiger partial charge >= 0.3 is 0 Å². The topological polar surface area (TPSA) is 44.3 Å². The van der Waals surface area contributed by atoms with E-state index in [0.717, 1.165) is 19.6 Å². The molecule has 0 aromatic carbocycles. The molecule has 3 nitrogen and oxygen atoms in total. The summed E-state index contributed by atoms with van der Waals surface area (Å²) >= 11 is 0. The van der Waals surface area contributed by atoms with Crippen LogP contribution >= 0.6 is 0 Å². The van der Waals surface area contributed by atoms with E-state index in [0.29, 0.717) is 6.54 Å². The maximum Gasteiger partial charge on any atom is 0.0555 e. The first-order chi connectivity index (χ1) is 5.41. The van der Waals surface area contributed by atoms with Crippen LogP contribution in [0.3, 0.4) is 0 Å². The molecule has 0 fully saturated rings. The molecule has 0 rings (SSSR count). The molecule has 66 valence electrons. The third-order valence-electron chi connectivity index (χ3n) is 1.27. The first-order valence-electron chi connectivity index (χ1n) is 4.05. The highest BCUT2D eigenvalue weighted by atomic mass is 16.3. The van der Waals surface area contributed by atoms with E-state index < -0.39 is 0 Å². The molecule has 11 heavy (non-hydrogen) atoms. The van der Waals surface area contributed by atoms with Gasteiger partial charge < -0.3 is 15.7 Å². The van der Waals surface area contributed by atoms with Crippen molar-refractivity contribution in [1.82, 2.24) is 10.6 Å². The second kappa shape index (κ2) is 9.62. The summed E-state index contributed by atoms with van der Waals surface area (Å²) in [6.07, 6.45) is 4.10. The number of hydrogen-bond acceptors (Lipinski definition) is 3. The first kappa shape index (κ1) is 10.6. The smallest absolute Gasteiger partial charge is 0.0555 e. The van der Waals surface area contributed by atoms with Crippen molar-refractivity contribution in [2.24, 2.45) is 0 Å². The molecule has 0 aliphatic heterocycles. The largest absolute Gasteiger partial charge is 0.395 e. The standard InChI is InChI=1S/C8H18N2O/c1-2-3-4-9-5-6-10-7-8-11/h2-3,9-11H,4-8H2,1H3/b3-2+. The molecule has 0 spiro atoms. The summed E-state index contributed by atoms with van der Waals surface area (Å²) in [5, 5.41) is 14.7. The van der Waals surface area contributed by atoms with Gasteiger partial charge in [0.05, 0.1) is 6.61 Å². The van der Waals surface area contributed by atoms with Gasteiger partial charge in [0.1, 0.15) is 0 Å². The number of aliphatic hydroxyl groups is 1. The number of rotatable bonds is 7. The van der Waals surface area contributed by atoms with Crippen molar-refractivity contribution in [2.45, 2.75) is 6.92 Å². The highest BCUT2D eigenvalue weighted by Gasteiger charge is 1.83. The molecule has 0 saturated carbocycles. The lowest BCUT2D eigenvalue weighted by molar-refractivity contribution is 0.292. The van der Waals surface area contributed by atoms with Crippen molar-refractivity contribution in [2.75, 3.05) is 32.8 Å². The summed E-state index contributed by atoms with van der Waals surface area (Å²) in [6, 6.07) is 0. The van der Waals surface area contributed by atoms with Crippen LogP contribution in [0.15, 0.2) is 12.2 Å². The predicted octanol–water partition coefficient (Wildman–Crippen LogP) is -0.266. The van der Waals surface area contributed by atoms with Crippen molar-refractivity contribution in [1.29, 1.82) is 0 Å². The molecule has 0 atom stereocenters. The molecule has 0 aliphatic rings. The number of aliphatic hydroxyl groups excluding tert-OH is 1. The predicted molar refractivity (Wildman–Crippen MR) is 47.6 cm³/mol. The molecule has 3 N–H and O–H groups in total. The Morgan fingerprint density at radius 1 is 1.18 bits per heavy atom. The zero-order chi connectivity index (χ0) is 8.36. The fourth-order valence-electron chi connectivity index (χ4n) is 0.684. The Kier molecular flexibility index (Phi) is 9.29. The molecule has 0 unspecified atom stereocenters. The van der Waals surface area contributed by atoms with E-state index in [2.05, 4.69) is 16.7 Å². The summed E-state index contributed by atoms with van der Waals surface area (Å²) in [7, 11) is 0. The molecule has 0 heterocycles. The van der Waals surface area contributed by atoms with Crippen LogP contribution in [-0.2, 0) is 0 Å². The van der Waals surface area contributed by atoms with E-state index in [1.807, 2.05) is 13.0 Å². The quantitative estimate of drug-likeness (QED) is 0.353. The van der Waals surface area contributed by atoms with Gasteiger partial charge in [-0.05, 0) is 6.92 Å². The fraction of sp³-hybridized carbons (Fsp3) is 0.750. The van der Waals surface area contributed by atoms with Crippen molar-refractivity contribution < 1.29 is 5.11 Å². The van der Waals surface area contributed by atoms with E-state index in [4.69, 9.17) is 5.11 Å². The van der Waals surface area contributed by atoms with E-state index >= 15 is 0 Å². The number of hydrogen-bond donors (Lipinski definition) is 3. The minimum Gasteiger partial charge on any atom is -0.395 e. The van der Waals surface area contributed by atoms with Gasteiger partial charge in [-0.1, -0.05) is 12.2 Å². The van der Waals surface area contributed by atoms with Crippen LogP contribution in [0, 0.1) is 0 Å². The van der Waals surface area contributed by atoms with Gasteiger partial charge in [0.2, 0.25) is 0 Å². The van der Waals surface area contributed by atoms with Crippen LogP contribution < -0.4 is 10.6 Å². The molecule has 0 amide bonds. The zero-order valence-electron chi connectivity index (χ0n) is 7.14. The lowest BCUT2D eigenvalue weighted by Gasteiger charge is -2.02. The van der Waals surface area contributed by atoms with Crippen molar-refractivity contribution >= 4 is 0 Å². The molecule has 0 aromatic rings. The third-order valence-corrected chi connectivity index (χ3v) is 1.27. The zero-order valence-corrected chi connectivity index (χ0v) is 7.14. The summed E-state index contributed by atoms with van der Waals surface area (Å²) in [5.41, 5.74) is 0. The molecule has 0 radical (unpaired) electrons. The fourth-order valence-corrected chi connectivity index (χ4v) is 0.684. The van der Waals surface area contributed by atoms with Crippen LogP contribution in [-0.4, -0.2) is 37.9 Å². The van der Waals surface area contributed by atoms with E-state index in [-0.39, 0.29) is 6.61 Å². The van der Waals surface area contributed by atoms with Gasteiger partial charge in [-0.3, -0.25) is 0 Å². The maximum absolute atomic E-state index is 8.41. The first-order valence-corrected chi connectivity index (χ1v) is 4.05. The van der Waals surface area contributed by atoms with Crippen LogP contribution in [0.4, 0.5) is 0 Å². The van der Waals surface area contributed by atoms with Crippen LogP contribution in [0.2, 0.25) is 0 Å². The summed E-state index contributed by atoms with van der Waals surface area (Å²) in [5.74, 6) is 0. The molecule has 0 saturated heterocycles. The Labute approximate surface area is 68.5 Å². The summed E-state index contributed by atoms with van der Waals surface area (Å²) in [6.45, 7) is 5.70. The van der Waals surface area contributed by atoms with Crippen molar-refractivity contribution in [3.05, 3.63) is 12.2 Å². The average molecular weight is 158 g/mol. The third kappa shape index (κ3) is 9.62. The Morgan fingerprint density at radius 2 is 1.91 bits per heavy atom. The molecule has 0 aliphatic carbocycles. The lowest BCUT2D eigenvalue weighted by atomic mass is 10.5. The van der Waals surface area contributed by atoms with Gasteiger partial charge in [0.25, 0.3) is 0 Å². The summed E-state index contributed by atoms with van der Waals surface area (Å²) < 4.78 is 0. The molecule has 3 heteroatoms. The molecular weight excluding hydrogens is 140 g/mol. The Bertz CT molecular complexity index is 94.1. The number of nitrogens with one attached hydrogen (secondary N) is 2. The van der Waals surface area contributed by atoms with Crippen LogP contribution in [0.5, 0.6) is 0 Å². The Hall–Kier alpha value is -0.380. The van der Waals surface area contributed by atoms with Gasteiger partial charge in [0, 0.05) is 26.2 Å². The minimum absolute atomic E-state index is 0.217. The van der Waals surface area contributed by atoms with Gasteiger partial charge in [-0.25, -0.2) is 0 Å². The number of allylic oxidation sites excluding steroid dienone is 1. The Balaban J connectivity index is 2.79. The van der Waals surface area contributed by atoms with E-state index in [1.165, 1.54) is 0 Å². The van der Waals surface area contributed by atoms with Gasteiger partial charge in [0.15, 0.2) is 0 Å². The second-order valence-electron chi connectivity index (χ2n) is 2.25. The highest BCUT2D eigenvalue weighted by molar-refractivity contribution is 4.79. The van der Waals surface area contributed by atoms with E-state index in [9.17, 15) is 0 Å². The van der Waals surface area contributed by atoms with Crippen molar-refractivity contribution in [3.63, 3.8) is 0 Å². The van der Waals surface area contributed by atoms with E-state index in [1.54, 1.807) is 0 Å². The molecule has 0 bridgehead atoms. The van der Waals surface area contributed by atoms with Crippen molar-refractivity contribution in [3.8, 4) is 0 Å². The van der Waals surface area contributed by atoms with Crippen LogP contribution in [0.1, 0.15) is 6.92 Å². The lowest BCUT2D eigenvalue weighted by Crippen LogP contribution is -2.29. The average Bonchev–Trinajstić information content (AvgIpc) is 2.03. The minimum atomic E-state index is 0.217. The van der Waals surface area contributed by atoms with Gasteiger partial charge in [-0.15, -0.1) is 0 Å². The Morgan fingerprint density at radius 3 is 2.55 bits per heavy atom. The second-order valence-corrected chi connectivity index (χ2v) is 2.25. The maximum atomic E-state index is 8.41. The normalized spacial score (nSPS) is 11.1.